The molecule has 9 nitrogen and oxygen atoms in total. The molecule has 1 aromatic carbocycles. The SMILES string of the molecule is CC(C)c1nc(-c2ccc(N3CCN(C(=O)c4cc(-c5ccccc5)nn4C)CC3)nc2)no1. The largest absolute Gasteiger partial charge is 0.353 e. The molecule has 1 fully saturated rings. The monoisotopic (exact) mass is 457 g/mol. The van der Waals surface area contributed by atoms with Crippen LogP contribution in [0.25, 0.3) is 22.6 Å². The first-order valence-electron chi connectivity index (χ1n) is 11.4. The first-order valence-corrected chi connectivity index (χ1v) is 11.4. The maximum Gasteiger partial charge on any atom is 0.272 e. The van der Waals surface area contributed by atoms with Gasteiger partial charge in [-0.1, -0.05) is 49.3 Å². The fourth-order valence-electron chi connectivity index (χ4n) is 4.01. The number of amides is 1. The normalized spacial score (nSPS) is 14.1. The minimum Gasteiger partial charge on any atom is -0.353 e. The van der Waals surface area contributed by atoms with E-state index in [9.17, 15) is 4.79 Å². The van der Waals surface area contributed by atoms with Crippen LogP contribution >= 0.6 is 0 Å². The minimum atomic E-state index is -0.00167. The van der Waals surface area contributed by atoms with Crippen molar-refractivity contribution in [3.8, 4) is 22.6 Å². The number of carbonyl (C=O) groups excluding carboxylic acids is 1. The molecule has 4 heterocycles. The average molecular weight is 458 g/mol. The van der Waals surface area contributed by atoms with Gasteiger partial charge in [-0.3, -0.25) is 9.48 Å². The Morgan fingerprint density at radius 1 is 1.00 bits per heavy atom. The number of anilines is 1. The molecule has 1 amide bonds. The smallest absolute Gasteiger partial charge is 0.272 e. The van der Waals surface area contributed by atoms with Crippen molar-refractivity contribution in [3.05, 3.63) is 66.3 Å². The van der Waals surface area contributed by atoms with Gasteiger partial charge in [0, 0.05) is 56.5 Å². The highest BCUT2D eigenvalue weighted by molar-refractivity contribution is 5.94. The summed E-state index contributed by atoms with van der Waals surface area (Å²) >= 11 is 0. The summed E-state index contributed by atoms with van der Waals surface area (Å²) in [6.07, 6.45) is 1.77. The van der Waals surface area contributed by atoms with Crippen molar-refractivity contribution < 1.29 is 9.32 Å². The van der Waals surface area contributed by atoms with Gasteiger partial charge in [-0.2, -0.15) is 10.1 Å². The van der Waals surface area contributed by atoms with E-state index < -0.39 is 0 Å². The molecule has 174 valence electrons. The molecule has 1 aliphatic heterocycles. The first kappa shape index (κ1) is 21.8. The van der Waals surface area contributed by atoms with Crippen LogP contribution in [-0.4, -0.2) is 61.9 Å². The van der Waals surface area contributed by atoms with Gasteiger partial charge in [0.05, 0.1) is 5.69 Å². The minimum absolute atomic E-state index is 0.00167. The fraction of sp³-hybridized carbons (Fsp3) is 0.320. The second-order valence-electron chi connectivity index (χ2n) is 8.70. The van der Waals surface area contributed by atoms with Crippen LogP contribution in [0.2, 0.25) is 0 Å². The molecule has 0 atom stereocenters. The van der Waals surface area contributed by atoms with Gasteiger partial charge in [-0.25, -0.2) is 4.98 Å². The maximum atomic E-state index is 13.2. The summed E-state index contributed by atoms with van der Waals surface area (Å²) in [6.45, 7) is 6.69. The van der Waals surface area contributed by atoms with Gasteiger partial charge >= 0.3 is 0 Å². The van der Waals surface area contributed by atoms with E-state index in [0.717, 1.165) is 22.6 Å². The topological polar surface area (TPSA) is 93.2 Å². The molecule has 4 aromatic rings. The van der Waals surface area contributed by atoms with E-state index in [4.69, 9.17) is 4.52 Å². The zero-order valence-electron chi connectivity index (χ0n) is 19.5. The van der Waals surface area contributed by atoms with Crippen molar-refractivity contribution >= 4 is 11.7 Å². The van der Waals surface area contributed by atoms with Crippen LogP contribution in [0.3, 0.4) is 0 Å². The summed E-state index contributed by atoms with van der Waals surface area (Å²) < 4.78 is 6.96. The van der Waals surface area contributed by atoms with Crippen LogP contribution in [-0.2, 0) is 7.05 Å². The Kier molecular flexibility index (Phi) is 5.83. The van der Waals surface area contributed by atoms with Crippen LogP contribution in [0.15, 0.2) is 59.3 Å². The second kappa shape index (κ2) is 9.09. The lowest BCUT2D eigenvalue weighted by Crippen LogP contribution is -2.49. The summed E-state index contributed by atoms with van der Waals surface area (Å²) in [6, 6.07) is 15.7. The summed E-state index contributed by atoms with van der Waals surface area (Å²) in [5.74, 6) is 2.21. The van der Waals surface area contributed by atoms with Crippen molar-refractivity contribution in [1.29, 1.82) is 0 Å². The van der Waals surface area contributed by atoms with Gasteiger partial charge in [0.15, 0.2) is 0 Å². The molecule has 0 spiro atoms. The molecule has 9 heteroatoms. The number of carbonyl (C=O) groups is 1. The number of nitrogens with zero attached hydrogens (tertiary/aromatic N) is 7. The average Bonchev–Trinajstić information content (AvgIpc) is 3.52. The van der Waals surface area contributed by atoms with Gasteiger partial charge in [0.1, 0.15) is 11.5 Å². The number of aryl methyl sites for hydroxylation is 1. The maximum absolute atomic E-state index is 13.2. The van der Waals surface area contributed by atoms with Crippen molar-refractivity contribution in [2.24, 2.45) is 7.05 Å². The fourth-order valence-corrected chi connectivity index (χ4v) is 4.01. The molecule has 0 radical (unpaired) electrons. The predicted octanol–water partition coefficient (Wildman–Crippen LogP) is 3.62. The lowest BCUT2D eigenvalue weighted by Gasteiger charge is -2.35. The molecule has 3 aromatic heterocycles. The number of hydrogen-bond acceptors (Lipinski definition) is 7. The highest BCUT2D eigenvalue weighted by Gasteiger charge is 2.25. The molecule has 0 N–H and O–H groups in total. The summed E-state index contributed by atoms with van der Waals surface area (Å²) in [7, 11) is 1.81. The summed E-state index contributed by atoms with van der Waals surface area (Å²) in [4.78, 5) is 26.3. The summed E-state index contributed by atoms with van der Waals surface area (Å²) in [5, 5.41) is 8.58. The number of rotatable bonds is 5. The predicted molar refractivity (Wildman–Crippen MR) is 128 cm³/mol. The summed E-state index contributed by atoms with van der Waals surface area (Å²) in [5.41, 5.74) is 3.21. The van der Waals surface area contributed by atoms with Crippen molar-refractivity contribution in [2.75, 3.05) is 31.1 Å². The van der Waals surface area contributed by atoms with Crippen LogP contribution in [0.4, 0.5) is 5.82 Å². The third kappa shape index (κ3) is 4.28. The quantitative estimate of drug-likeness (QED) is 0.452. The molecule has 0 aliphatic carbocycles. The Hall–Kier alpha value is -4.01. The van der Waals surface area contributed by atoms with Gasteiger partial charge in [0.2, 0.25) is 11.7 Å². The van der Waals surface area contributed by atoms with Crippen molar-refractivity contribution in [3.63, 3.8) is 0 Å². The Morgan fingerprint density at radius 2 is 1.76 bits per heavy atom. The molecule has 0 bridgehead atoms. The molecule has 34 heavy (non-hydrogen) atoms. The Balaban J connectivity index is 1.22. The Morgan fingerprint density at radius 3 is 2.41 bits per heavy atom. The molecule has 1 saturated heterocycles. The zero-order valence-corrected chi connectivity index (χ0v) is 19.5. The molecular weight excluding hydrogens is 430 g/mol. The molecular formula is C25H27N7O2. The van der Waals surface area contributed by atoms with E-state index in [1.807, 2.05) is 74.3 Å². The number of pyridine rings is 1. The van der Waals surface area contributed by atoms with E-state index in [1.54, 1.807) is 10.9 Å². The van der Waals surface area contributed by atoms with Crippen molar-refractivity contribution in [2.45, 2.75) is 19.8 Å². The molecule has 0 unspecified atom stereocenters. The second-order valence-corrected chi connectivity index (χ2v) is 8.70. The Bertz CT molecular complexity index is 1270. The third-order valence-corrected chi connectivity index (χ3v) is 6.00. The van der Waals surface area contributed by atoms with E-state index in [-0.39, 0.29) is 11.8 Å². The van der Waals surface area contributed by atoms with Gasteiger partial charge in [-0.05, 0) is 18.2 Å². The highest BCUT2D eigenvalue weighted by Crippen LogP contribution is 2.23. The third-order valence-electron chi connectivity index (χ3n) is 6.00. The Labute approximate surface area is 198 Å². The molecule has 0 saturated carbocycles. The molecule has 1 aliphatic rings. The number of piperazine rings is 1. The molecule has 5 rings (SSSR count). The number of hydrogen-bond donors (Lipinski definition) is 0. The zero-order chi connectivity index (χ0) is 23.7. The van der Waals surface area contributed by atoms with Crippen molar-refractivity contribution in [1.82, 2.24) is 29.8 Å². The number of benzene rings is 1. The van der Waals surface area contributed by atoms with Crippen LogP contribution in [0.1, 0.15) is 36.1 Å². The van der Waals surface area contributed by atoms with Gasteiger partial charge in [-0.15, -0.1) is 0 Å². The van der Waals surface area contributed by atoms with E-state index in [1.165, 1.54) is 0 Å². The lowest BCUT2D eigenvalue weighted by molar-refractivity contribution is 0.0735. The first-order chi connectivity index (χ1) is 16.5. The van der Waals surface area contributed by atoms with Crippen LogP contribution in [0.5, 0.6) is 0 Å². The van der Waals surface area contributed by atoms with E-state index in [0.29, 0.717) is 43.6 Å². The van der Waals surface area contributed by atoms with E-state index >= 15 is 0 Å². The highest BCUT2D eigenvalue weighted by atomic mass is 16.5. The van der Waals surface area contributed by atoms with E-state index in [2.05, 4.69) is 25.1 Å². The van der Waals surface area contributed by atoms with Gasteiger partial charge < -0.3 is 14.3 Å². The van der Waals surface area contributed by atoms with Crippen LogP contribution < -0.4 is 4.90 Å². The van der Waals surface area contributed by atoms with Crippen LogP contribution in [0, 0.1) is 0 Å². The lowest BCUT2D eigenvalue weighted by atomic mass is 10.1. The standard InChI is InChI=1S/C25H27N7O2/c1-17(2)24-27-23(29-34-24)19-9-10-22(26-16-19)31-11-13-32(14-12-31)25(33)21-15-20(28-30(21)3)18-7-5-4-6-8-18/h4-10,15-17H,11-14H2,1-3H3. The number of aromatic nitrogens is 5. The van der Waals surface area contributed by atoms with Gasteiger partial charge in [0.25, 0.3) is 5.91 Å².